The highest BCUT2D eigenvalue weighted by Gasteiger charge is 2.60. The predicted molar refractivity (Wildman–Crippen MR) is 153 cm³/mol. The average Bonchev–Trinajstić information content (AvgIpc) is 3.49. The number of hydrogen-bond acceptors (Lipinski definition) is 6. The van der Waals surface area contributed by atoms with Gasteiger partial charge in [-0.2, -0.15) is 0 Å². The Balaban J connectivity index is 1.37. The number of para-hydroxylation sites is 1. The SMILES string of the molecule is COc1cc([C@H]2[C@@H]3C(=O)N(Cc4ccccc4)C(=O)[C@H]3ON2c2ccccc2)c(Br)cc1OCc1ccccc1. The number of ether oxygens (including phenoxy) is 2. The first-order chi connectivity index (χ1) is 19.5. The van der Waals surface area contributed by atoms with Gasteiger partial charge in [0.05, 0.1) is 25.4 Å². The molecule has 0 N–H and O–H groups in total. The maximum absolute atomic E-state index is 13.9. The molecule has 4 aromatic carbocycles. The van der Waals surface area contributed by atoms with Gasteiger partial charge >= 0.3 is 0 Å². The monoisotopic (exact) mass is 598 g/mol. The highest BCUT2D eigenvalue weighted by molar-refractivity contribution is 9.10. The molecular formula is C32H27BrN2O5. The molecule has 2 heterocycles. The number of hydrogen-bond donors (Lipinski definition) is 0. The van der Waals surface area contributed by atoms with Crippen molar-refractivity contribution >= 4 is 33.4 Å². The minimum Gasteiger partial charge on any atom is -0.493 e. The van der Waals surface area contributed by atoms with Gasteiger partial charge in [-0.3, -0.25) is 19.3 Å². The Kier molecular flexibility index (Phi) is 7.28. The molecule has 3 atom stereocenters. The molecule has 2 aliphatic heterocycles. The summed E-state index contributed by atoms with van der Waals surface area (Å²) >= 11 is 3.72. The summed E-state index contributed by atoms with van der Waals surface area (Å²) < 4.78 is 12.5. The summed E-state index contributed by atoms with van der Waals surface area (Å²) in [5.41, 5.74) is 3.40. The van der Waals surface area contributed by atoms with E-state index in [0.717, 1.165) is 22.4 Å². The van der Waals surface area contributed by atoms with Crippen molar-refractivity contribution in [3.63, 3.8) is 0 Å². The van der Waals surface area contributed by atoms with Gasteiger partial charge in [0.2, 0.25) is 5.91 Å². The van der Waals surface area contributed by atoms with E-state index < -0.39 is 18.1 Å². The van der Waals surface area contributed by atoms with Crippen molar-refractivity contribution in [3.8, 4) is 11.5 Å². The van der Waals surface area contributed by atoms with Crippen molar-refractivity contribution in [1.29, 1.82) is 0 Å². The van der Waals surface area contributed by atoms with Crippen molar-refractivity contribution in [1.82, 2.24) is 4.90 Å². The minimum atomic E-state index is -0.937. The second kappa shape index (κ2) is 11.2. The van der Waals surface area contributed by atoms with Crippen LogP contribution in [0.5, 0.6) is 11.5 Å². The van der Waals surface area contributed by atoms with Crippen LogP contribution >= 0.6 is 15.9 Å². The second-order valence-electron chi connectivity index (χ2n) is 9.71. The maximum Gasteiger partial charge on any atom is 0.262 e. The van der Waals surface area contributed by atoms with E-state index in [-0.39, 0.29) is 18.4 Å². The van der Waals surface area contributed by atoms with Crippen molar-refractivity contribution in [3.05, 3.63) is 124 Å². The van der Waals surface area contributed by atoms with Crippen molar-refractivity contribution in [2.24, 2.45) is 5.92 Å². The van der Waals surface area contributed by atoms with Crippen molar-refractivity contribution < 1.29 is 23.9 Å². The number of anilines is 1. The lowest BCUT2D eigenvalue weighted by molar-refractivity contribution is -0.143. The van der Waals surface area contributed by atoms with Crippen LogP contribution in [0, 0.1) is 5.92 Å². The van der Waals surface area contributed by atoms with Crippen LogP contribution in [0.1, 0.15) is 22.7 Å². The number of imide groups is 1. The highest BCUT2D eigenvalue weighted by Crippen LogP contribution is 2.50. The Morgan fingerprint density at radius 3 is 2.08 bits per heavy atom. The zero-order valence-electron chi connectivity index (χ0n) is 21.8. The first-order valence-corrected chi connectivity index (χ1v) is 13.8. The number of likely N-dealkylation sites (tertiary alicyclic amines) is 1. The fourth-order valence-electron chi connectivity index (χ4n) is 5.29. The van der Waals surface area contributed by atoms with Gasteiger partial charge in [-0.1, -0.05) is 94.8 Å². The molecule has 6 rings (SSSR count). The molecule has 0 radical (unpaired) electrons. The fraction of sp³-hybridized carbons (Fsp3) is 0.188. The zero-order chi connectivity index (χ0) is 27.6. The molecule has 0 bridgehead atoms. The smallest absolute Gasteiger partial charge is 0.262 e. The topological polar surface area (TPSA) is 68.3 Å². The molecule has 40 heavy (non-hydrogen) atoms. The highest BCUT2D eigenvalue weighted by atomic mass is 79.9. The molecule has 0 saturated carbocycles. The van der Waals surface area contributed by atoms with E-state index >= 15 is 0 Å². The van der Waals surface area contributed by atoms with Gasteiger partial charge in [0, 0.05) is 4.47 Å². The van der Waals surface area contributed by atoms with E-state index in [1.165, 1.54) is 4.90 Å². The normalized spacial score (nSPS) is 20.1. The summed E-state index contributed by atoms with van der Waals surface area (Å²) in [7, 11) is 1.58. The lowest BCUT2D eigenvalue weighted by Crippen LogP contribution is -2.37. The third-order valence-corrected chi connectivity index (χ3v) is 7.93. The van der Waals surface area contributed by atoms with Crippen molar-refractivity contribution in [2.75, 3.05) is 12.2 Å². The number of carbonyl (C=O) groups is 2. The molecule has 0 spiro atoms. The fourth-order valence-corrected chi connectivity index (χ4v) is 5.85. The van der Waals surface area contributed by atoms with E-state index in [1.807, 2.05) is 103 Å². The standard InChI is InChI=1S/C32H27BrN2O5/c1-38-26-17-24(25(33)18-27(26)39-20-22-13-7-3-8-14-22)29-28-30(40-35(29)23-15-9-4-10-16-23)32(37)34(31(28)36)19-21-11-5-2-6-12-21/h2-18,28-30H,19-20H2,1H3/t28-,29-,30-/m0/s1. The first kappa shape index (κ1) is 26.1. The molecule has 0 aliphatic carbocycles. The third kappa shape index (κ3) is 4.85. The van der Waals surface area contributed by atoms with Crippen LogP contribution < -0.4 is 14.5 Å². The summed E-state index contributed by atoms with van der Waals surface area (Å²) in [5.74, 6) is -0.272. The molecule has 0 unspecified atom stereocenters. The van der Waals surface area contributed by atoms with Crippen LogP contribution in [-0.2, 0) is 27.6 Å². The van der Waals surface area contributed by atoms with Gasteiger partial charge in [0.25, 0.3) is 5.91 Å². The molecule has 0 aromatic heterocycles. The number of benzene rings is 4. The molecule has 2 aliphatic rings. The third-order valence-electron chi connectivity index (χ3n) is 7.24. The first-order valence-electron chi connectivity index (χ1n) is 13.0. The lowest BCUT2D eigenvalue weighted by Gasteiger charge is -2.30. The van der Waals surface area contributed by atoms with Crippen LogP contribution in [0.4, 0.5) is 5.69 Å². The van der Waals surface area contributed by atoms with Gasteiger partial charge in [-0.05, 0) is 41.0 Å². The number of halogens is 1. The van der Waals surface area contributed by atoms with E-state index in [4.69, 9.17) is 14.3 Å². The number of hydroxylamine groups is 1. The number of amides is 2. The molecule has 2 saturated heterocycles. The largest absolute Gasteiger partial charge is 0.493 e. The van der Waals surface area contributed by atoms with Gasteiger partial charge < -0.3 is 9.47 Å². The van der Waals surface area contributed by atoms with E-state index in [2.05, 4.69) is 15.9 Å². The molecule has 202 valence electrons. The van der Waals surface area contributed by atoms with E-state index in [1.54, 1.807) is 12.2 Å². The van der Waals surface area contributed by atoms with Gasteiger partial charge in [-0.25, -0.2) is 5.06 Å². The van der Waals surface area contributed by atoms with Crippen LogP contribution in [-0.4, -0.2) is 29.9 Å². The van der Waals surface area contributed by atoms with Crippen LogP contribution in [0.25, 0.3) is 0 Å². The second-order valence-corrected chi connectivity index (χ2v) is 10.6. The number of rotatable bonds is 8. The zero-order valence-corrected chi connectivity index (χ0v) is 23.4. The van der Waals surface area contributed by atoms with Crippen LogP contribution in [0.3, 0.4) is 0 Å². The predicted octanol–water partition coefficient (Wildman–Crippen LogP) is 6.08. The Morgan fingerprint density at radius 1 is 0.800 bits per heavy atom. The van der Waals surface area contributed by atoms with E-state index in [0.29, 0.717) is 22.6 Å². The summed E-state index contributed by atoms with van der Waals surface area (Å²) in [4.78, 5) is 35.0. The summed E-state index contributed by atoms with van der Waals surface area (Å²) in [6.07, 6.45) is -0.937. The quantitative estimate of drug-likeness (QED) is 0.229. The van der Waals surface area contributed by atoms with Gasteiger partial charge in [0.1, 0.15) is 12.5 Å². The molecule has 4 aromatic rings. The molecule has 8 heteroatoms. The average molecular weight is 599 g/mol. The minimum absolute atomic E-state index is 0.198. The Morgan fingerprint density at radius 2 is 1.43 bits per heavy atom. The Bertz CT molecular complexity index is 1520. The Hall–Kier alpha value is -4.14. The van der Waals surface area contributed by atoms with E-state index in [9.17, 15) is 9.59 Å². The molecule has 7 nitrogen and oxygen atoms in total. The molecule has 2 amide bonds. The van der Waals surface area contributed by atoms with Gasteiger partial charge in [0.15, 0.2) is 17.6 Å². The molecule has 2 fully saturated rings. The number of fused-ring (bicyclic) bond motifs is 1. The lowest BCUT2D eigenvalue weighted by atomic mass is 9.90. The molecular weight excluding hydrogens is 572 g/mol. The Labute approximate surface area is 241 Å². The van der Waals surface area contributed by atoms with Gasteiger partial charge in [-0.15, -0.1) is 0 Å². The summed E-state index contributed by atoms with van der Waals surface area (Å²) in [6.45, 7) is 0.571. The van der Waals surface area contributed by atoms with Crippen molar-refractivity contribution in [2.45, 2.75) is 25.3 Å². The number of nitrogens with zero attached hydrogens (tertiary/aromatic N) is 2. The summed E-state index contributed by atoms with van der Waals surface area (Å²) in [6, 6.07) is 32.0. The summed E-state index contributed by atoms with van der Waals surface area (Å²) in [5, 5.41) is 1.68. The maximum atomic E-state index is 13.9. The number of carbonyl (C=O) groups excluding carboxylic acids is 2. The van der Waals surface area contributed by atoms with Crippen LogP contribution in [0.15, 0.2) is 108 Å². The van der Waals surface area contributed by atoms with Crippen LogP contribution in [0.2, 0.25) is 0 Å². The number of methoxy groups -OCH3 is 1.